The third kappa shape index (κ3) is 3.13. The van der Waals surface area contributed by atoms with Gasteiger partial charge in [-0.2, -0.15) is 0 Å². The predicted octanol–water partition coefficient (Wildman–Crippen LogP) is 1.55. The molecule has 2 N–H and O–H groups in total. The molecule has 6 heteroatoms. The van der Waals surface area contributed by atoms with Crippen LogP contribution in [0, 0.1) is 12.7 Å². The minimum absolute atomic E-state index is 0.0188. The fourth-order valence-corrected chi connectivity index (χ4v) is 3.95. The second-order valence-electron chi connectivity index (χ2n) is 4.98. The Morgan fingerprint density at radius 2 is 2.16 bits per heavy atom. The van der Waals surface area contributed by atoms with Crippen LogP contribution in [-0.2, 0) is 10.0 Å². The van der Waals surface area contributed by atoms with E-state index in [0.717, 1.165) is 19.4 Å². The molecule has 0 amide bonds. The molecule has 1 aliphatic heterocycles. The molecule has 0 radical (unpaired) electrons. The summed E-state index contributed by atoms with van der Waals surface area (Å²) in [4.78, 5) is 0.0188. The molecule has 19 heavy (non-hydrogen) atoms. The molecular formula is C13H19FN2O2S. The molecule has 0 aromatic heterocycles. The first kappa shape index (κ1) is 14.4. The average molecular weight is 286 g/mol. The second-order valence-corrected chi connectivity index (χ2v) is 6.66. The van der Waals surface area contributed by atoms with E-state index in [1.807, 2.05) is 6.92 Å². The average Bonchev–Trinajstić information content (AvgIpc) is 2.35. The van der Waals surface area contributed by atoms with Gasteiger partial charge in [-0.05, 0) is 45.4 Å². The number of piperidine rings is 1. The Bertz CT molecular complexity index is 560. The monoisotopic (exact) mass is 286 g/mol. The maximum atomic E-state index is 13.5. The van der Waals surface area contributed by atoms with Crippen LogP contribution in [0.15, 0.2) is 23.1 Å². The molecule has 106 valence electrons. The van der Waals surface area contributed by atoms with Crippen molar-refractivity contribution in [1.82, 2.24) is 10.0 Å². The summed E-state index contributed by atoms with van der Waals surface area (Å²) in [6.45, 7) is 4.33. The maximum absolute atomic E-state index is 13.5. The van der Waals surface area contributed by atoms with Gasteiger partial charge in [-0.25, -0.2) is 17.5 Å². The van der Waals surface area contributed by atoms with E-state index < -0.39 is 15.8 Å². The van der Waals surface area contributed by atoms with Gasteiger partial charge in [0.05, 0.1) is 4.90 Å². The number of hydrogen-bond donors (Lipinski definition) is 2. The Balaban J connectivity index is 2.25. The van der Waals surface area contributed by atoms with E-state index in [4.69, 9.17) is 0 Å². The molecule has 2 unspecified atom stereocenters. The SMILES string of the molecule is Cc1c(F)cccc1S(=O)(=O)NC1CCCNC1C. The predicted molar refractivity (Wildman–Crippen MR) is 71.9 cm³/mol. The lowest BCUT2D eigenvalue weighted by molar-refractivity contribution is 0.348. The van der Waals surface area contributed by atoms with E-state index >= 15 is 0 Å². The van der Waals surface area contributed by atoms with E-state index in [-0.39, 0.29) is 22.5 Å². The molecule has 4 nitrogen and oxygen atoms in total. The summed E-state index contributed by atoms with van der Waals surface area (Å²) in [5.74, 6) is -0.502. The van der Waals surface area contributed by atoms with Gasteiger partial charge in [-0.15, -0.1) is 0 Å². The number of rotatable bonds is 3. The molecule has 1 saturated heterocycles. The maximum Gasteiger partial charge on any atom is 0.241 e. The molecule has 2 rings (SSSR count). The van der Waals surface area contributed by atoms with E-state index in [2.05, 4.69) is 10.0 Å². The normalized spacial score (nSPS) is 24.4. The zero-order valence-electron chi connectivity index (χ0n) is 11.1. The van der Waals surface area contributed by atoms with Crippen molar-refractivity contribution < 1.29 is 12.8 Å². The summed E-state index contributed by atoms with van der Waals surface area (Å²) >= 11 is 0. The number of hydrogen-bond acceptors (Lipinski definition) is 3. The van der Waals surface area contributed by atoms with Gasteiger partial charge in [-0.3, -0.25) is 0 Å². The van der Waals surface area contributed by atoms with Gasteiger partial charge in [0.1, 0.15) is 5.82 Å². The summed E-state index contributed by atoms with van der Waals surface area (Å²) in [5.41, 5.74) is 0.159. The van der Waals surface area contributed by atoms with Crippen molar-refractivity contribution in [2.24, 2.45) is 0 Å². The van der Waals surface area contributed by atoms with Gasteiger partial charge in [0, 0.05) is 17.6 Å². The Kier molecular flexibility index (Phi) is 4.23. The molecule has 1 aromatic carbocycles. The zero-order chi connectivity index (χ0) is 14.0. The fourth-order valence-electron chi connectivity index (χ4n) is 2.35. The van der Waals surface area contributed by atoms with Crippen LogP contribution in [0.2, 0.25) is 0 Å². The van der Waals surface area contributed by atoms with Crippen LogP contribution < -0.4 is 10.0 Å². The van der Waals surface area contributed by atoms with E-state index in [1.165, 1.54) is 25.1 Å². The van der Waals surface area contributed by atoms with Crippen LogP contribution in [0.1, 0.15) is 25.3 Å². The Hall–Kier alpha value is -0.980. The highest BCUT2D eigenvalue weighted by Gasteiger charge is 2.27. The standard InChI is InChI=1S/C13H19FN2O2S/c1-9-11(14)5-3-7-13(9)19(17,18)16-12-6-4-8-15-10(12)2/h3,5,7,10,12,15-16H,4,6,8H2,1-2H3. The second kappa shape index (κ2) is 5.56. The van der Waals surface area contributed by atoms with Gasteiger partial charge in [0.2, 0.25) is 10.0 Å². The van der Waals surface area contributed by atoms with Gasteiger partial charge in [0.15, 0.2) is 0 Å². The molecule has 2 atom stereocenters. The third-order valence-electron chi connectivity index (χ3n) is 3.58. The van der Waals surface area contributed by atoms with E-state index in [0.29, 0.717) is 0 Å². The zero-order valence-corrected chi connectivity index (χ0v) is 11.9. The van der Waals surface area contributed by atoms with Gasteiger partial charge < -0.3 is 5.32 Å². The van der Waals surface area contributed by atoms with Crippen molar-refractivity contribution in [2.75, 3.05) is 6.54 Å². The quantitative estimate of drug-likeness (QED) is 0.886. The van der Waals surface area contributed by atoms with Crippen molar-refractivity contribution in [1.29, 1.82) is 0 Å². The minimum atomic E-state index is -3.68. The van der Waals surface area contributed by atoms with Gasteiger partial charge in [-0.1, -0.05) is 6.07 Å². The summed E-state index contributed by atoms with van der Waals surface area (Å²) in [5, 5.41) is 3.23. The largest absolute Gasteiger partial charge is 0.313 e. The number of sulfonamides is 1. The minimum Gasteiger partial charge on any atom is -0.313 e. The Labute approximate surface area is 113 Å². The van der Waals surface area contributed by atoms with Crippen LogP contribution >= 0.6 is 0 Å². The van der Waals surface area contributed by atoms with Crippen LogP contribution in [0.25, 0.3) is 0 Å². The first-order valence-corrected chi connectivity index (χ1v) is 7.91. The molecule has 1 aliphatic rings. The topological polar surface area (TPSA) is 58.2 Å². The number of nitrogens with one attached hydrogen (secondary N) is 2. The molecule has 0 spiro atoms. The summed E-state index contributed by atoms with van der Waals surface area (Å²) in [7, 11) is -3.68. The molecule has 1 fully saturated rings. The summed E-state index contributed by atoms with van der Waals surface area (Å²) in [6.07, 6.45) is 1.72. The van der Waals surface area contributed by atoms with Crippen molar-refractivity contribution >= 4 is 10.0 Å². The van der Waals surface area contributed by atoms with Gasteiger partial charge in [0.25, 0.3) is 0 Å². The molecule has 1 heterocycles. The lowest BCUT2D eigenvalue weighted by Gasteiger charge is -2.30. The number of benzene rings is 1. The summed E-state index contributed by atoms with van der Waals surface area (Å²) in [6, 6.07) is 4.04. The lowest BCUT2D eigenvalue weighted by atomic mass is 10.0. The smallest absolute Gasteiger partial charge is 0.241 e. The van der Waals surface area contributed by atoms with E-state index in [9.17, 15) is 12.8 Å². The first-order chi connectivity index (χ1) is 8.92. The third-order valence-corrected chi connectivity index (χ3v) is 5.21. The molecular weight excluding hydrogens is 267 g/mol. The molecule has 0 saturated carbocycles. The van der Waals surface area contributed by atoms with Crippen LogP contribution in [0.4, 0.5) is 4.39 Å². The first-order valence-electron chi connectivity index (χ1n) is 6.42. The number of halogens is 1. The highest BCUT2D eigenvalue weighted by Crippen LogP contribution is 2.19. The van der Waals surface area contributed by atoms with Crippen molar-refractivity contribution in [2.45, 2.75) is 43.7 Å². The van der Waals surface area contributed by atoms with Crippen molar-refractivity contribution in [3.8, 4) is 0 Å². The van der Waals surface area contributed by atoms with E-state index in [1.54, 1.807) is 0 Å². The highest BCUT2D eigenvalue weighted by molar-refractivity contribution is 7.89. The van der Waals surface area contributed by atoms with Crippen LogP contribution in [0.5, 0.6) is 0 Å². The van der Waals surface area contributed by atoms with Crippen LogP contribution in [-0.4, -0.2) is 27.0 Å². The molecule has 0 aliphatic carbocycles. The van der Waals surface area contributed by atoms with Crippen LogP contribution in [0.3, 0.4) is 0 Å². The molecule has 0 bridgehead atoms. The lowest BCUT2D eigenvalue weighted by Crippen LogP contribution is -2.51. The summed E-state index contributed by atoms with van der Waals surface area (Å²) < 4.78 is 40.8. The molecule has 1 aromatic rings. The highest BCUT2D eigenvalue weighted by atomic mass is 32.2. The Morgan fingerprint density at radius 1 is 1.42 bits per heavy atom. The Morgan fingerprint density at radius 3 is 2.84 bits per heavy atom. The van der Waals surface area contributed by atoms with Crippen molar-refractivity contribution in [3.05, 3.63) is 29.6 Å². The van der Waals surface area contributed by atoms with Crippen molar-refractivity contribution in [3.63, 3.8) is 0 Å². The van der Waals surface area contributed by atoms with Gasteiger partial charge >= 0.3 is 0 Å². The fraction of sp³-hybridized carbons (Fsp3) is 0.538.